The van der Waals surface area contributed by atoms with Crippen molar-refractivity contribution >= 4 is 5.95 Å². The minimum Gasteiger partial charge on any atom is -0.497 e. The van der Waals surface area contributed by atoms with Crippen molar-refractivity contribution < 1.29 is 9.47 Å². The van der Waals surface area contributed by atoms with Gasteiger partial charge < -0.3 is 19.7 Å². The largest absolute Gasteiger partial charge is 0.497 e. The number of fused-ring (bicyclic) bond motifs is 1. The third-order valence-corrected chi connectivity index (χ3v) is 5.67. The van der Waals surface area contributed by atoms with E-state index in [2.05, 4.69) is 36.2 Å². The second-order valence-electron chi connectivity index (χ2n) is 8.50. The minimum atomic E-state index is 0.210. The molecule has 0 spiro atoms. The lowest BCUT2D eigenvalue weighted by Crippen LogP contribution is -2.39. The lowest BCUT2D eigenvalue weighted by molar-refractivity contribution is 0.122. The number of ether oxygens (including phenoxy) is 2. The molecule has 1 aliphatic heterocycles. The van der Waals surface area contributed by atoms with Crippen LogP contribution in [0.15, 0.2) is 30.5 Å². The van der Waals surface area contributed by atoms with Gasteiger partial charge in [-0.05, 0) is 36.0 Å². The maximum absolute atomic E-state index is 5.46. The summed E-state index contributed by atoms with van der Waals surface area (Å²) in [5, 5.41) is 3.73. The van der Waals surface area contributed by atoms with E-state index in [4.69, 9.17) is 19.4 Å². The fourth-order valence-corrected chi connectivity index (χ4v) is 4.12. The second kappa shape index (κ2) is 8.05. The predicted molar refractivity (Wildman–Crippen MR) is 110 cm³/mol. The molecule has 0 bridgehead atoms. The maximum atomic E-state index is 5.46. The Morgan fingerprint density at radius 3 is 2.68 bits per heavy atom. The number of hydrogen-bond acceptors (Lipinski definition) is 6. The molecule has 2 aromatic rings. The topological polar surface area (TPSA) is 59.5 Å². The number of nitrogens with one attached hydrogen (secondary N) is 1. The molecular weight excluding hydrogens is 352 g/mol. The average molecular weight is 383 g/mol. The van der Waals surface area contributed by atoms with E-state index in [1.54, 1.807) is 7.11 Å². The van der Waals surface area contributed by atoms with Crippen LogP contribution in [0, 0.1) is 5.41 Å². The van der Waals surface area contributed by atoms with Gasteiger partial charge in [0.25, 0.3) is 0 Å². The van der Waals surface area contributed by atoms with Gasteiger partial charge >= 0.3 is 0 Å². The summed E-state index contributed by atoms with van der Waals surface area (Å²) in [7, 11) is 1.69. The highest BCUT2D eigenvalue weighted by molar-refractivity contribution is 5.37. The van der Waals surface area contributed by atoms with Gasteiger partial charge in [-0.15, -0.1) is 0 Å². The van der Waals surface area contributed by atoms with Crippen LogP contribution in [-0.4, -0.2) is 43.4 Å². The van der Waals surface area contributed by atoms with Crippen LogP contribution in [0.3, 0.4) is 0 Å². The fraction of sp³-hybridized carbons (Fsp3) is 0.545. The molecule has 0 radical (unpaired) electrons. The highest BCUT2D eigenvalue weighted by Crippen LogP contribution is 2.40. The van der Waals surface area contributed by atoms with E-state index in [0.717, 1.165) is 57.4 Å². The number of methoxy groups -OCH3 is 1. The van der Waals surface area contributed by atoms with Gasteiger partial charge in [-0.3, -0.25) is 0 Å². The van der Waals surface area contributed by atoms with Gasteiger partial charge in [-0.25, -0.2) is 9.97 Å². The summed E-state index contributed by atoms with van der Waals surface area (Å²) in [5.74, 6) is 1.73. The molecule has 1 aliphatic carbocycles. The molecule has 6 nitrogen and oxygen atoms in total. The molecule has 1 aromatic carbocycles. The van der Waals surface area contributed by atoms with Crippen molar-refractivity contribution in [2.24, 2.45) is 5.41 Å². The van der Waals surface area contributed by atoms with Crippen molar-refractivity contribution in [2.45, 2.75) is 39.3 Å². The lowest BCUT2D eigenvalue weighted by atomic mass is 9.74. The van der Waals surface area contributed by atoms with Gasteiger partial charge in [-0.2, -0.15) is 0 Å². The fourth-order valence-electron chi connectivity index (χ4n) is 4.12. The van der Waals surface area contributed by atoms with E-state index >= 15 is 0 Å². The number of anilines is 1. The number of rotatable bonds is 5. The van der Waals surface area contributed by atoms with Crippen molar-refractivity contribution in [1.82, 2.24) is 15.3 Å². The van der Waals surface area contributed by atoms with Crippen LogP contribution in [0.1, 0.15) is 43.1 Å². The normalized spacial score (nSPS) is 21.2. The second-order valence-corrected chi connectivity index (χ2v) is 8.50. The highest BCUT2D eigenvalue weighted by Gasteiger charge is 2.34. The van der Waals surface area contributed by atoms with Gasteiger partial charge in [-0.1, -0.05) is 26.0 Å². The third-order valence-electron chi connectivity index (χ3n) is 5.67. The van der Waals surface area contributed by atoms with Gasteiger partial charge in [0.2, 0.25) is 5.95 Å². The summed E-state index contributed by atoms with van der Waals surface area (Å²) in [6.45, 7) is 8.69. The lowest BCUT2D eigenvalue weighted by Gasteiger charge is -2.37. The Hall–Kier alpha value is -2.18. The molecule has 1 fully saturated rings. The quantitative estimate of drug-likeness (QED) is 0.857. The summed E-state index contributed by atoms with van der Waals surface area (Å²) >= 11 is 0. The first-order chi connectivity index (χ1) is 13.5. The van der Waals surface area contributed by atoms with Gasteiger partial charge in [0, 0.05) is 37.4 Å². The minimum absolute atomic E-state index is 0.210. The Bertz CT molecular complexity index is 801. The summed E-state index contributed by atoms with van der Waals surface area (Å²) < 4.78 is 10.7. The zero-order chi connectivity index (χ0) is 19.6. The van der Waals surface area contributed by atoms with Crippen LogP contribution >= 0.6 is 0 Å². The summed E-state index contributed by atoms with van der Waals surface area (Å²) in [4.78, 5) is 11.9. The number of nitrogens with zero attached hydrogens (tertiary/aromatic N) is 3. The van der Waals surface area contributed by atoms with Crippen molar-refractivity contribution in [3.8, 4) is 5.75 Å². The Kier molecular flexibility index (Phi) is 5.51. The van der Waals surface area contributed by atoms with E-state index in [9.17, 15) is 0 Å². The van der Waals surface area contributed by atoms with E-state index < -0.39 is 0 Å². The molecule has 2 aliphatic rings. The zero-order valence-corrected chi connectivity index (χ0v) is 17.1. The molecule has 6 heteroatoms. The monoisotopic (exact) mass is 382 g/mol. The first-order valence-corrected chi connectivity index (χ1v) is 10.1. The Labute approximate surface area is 167 Å². The molecule has 1 atom stereocenters. The molecule has 28 heavy (non-hydrogen) atoms. The van der Waals surface area contributed by atoms with E-state index in [1.165, 1.54) is 16.8 Å². The molecule has 0 amide bonds. The Morgan fingerprint density at radius 1 is 1.21 bits per heavy atom. The van der Waals surface area contributed by atoms with E-state index in [-0.39, 0.29) is 11.5 Å². The first kappa shape index (κ1) is 19.2. The van der Waals surface area contributed by atoms with Crippen LogP contribution in [-0.2, 0) is 17.7 Å². The highest BCUT2D eigenvalue weighted by atomic mass is 16.5. The zero-order valence-electron chi connectivity index (χ0n) is 17.1. The molecule has 1 aromatic heterocycles. The molecule has 2 heterocycles. The summed E-state index contributed by atoms with van der Waals surface area (Å²) in [6.07, 6.45) is 4.10. The molecule has 4 rings (SSSR count). The van der Waals surface area contributed by atoms with Gasteiger partial charge in [0.15, 0.2) is 0 Å². The standard InChI is InChI=1S/C22H30N4O2/c1-22(2)12-19(23-14-16-4-6-17(27-3)7-5-16)18-15-24-21(25-20(18)13-22)26-8-10-28-11-9-26/h4-7,15,19,23H,8-14H2,1-3H3. The Balaban J connectivity index is 1.52. The molecule has 0 saturated carbocycles. The molecule has 1 saturated heterocycles. The molecule has 150 valence electrons. The van der Waals surface area contributed by atoms with Crippen molar-refractivity contribution in [3.63, 3.8) is 0 Å². The van der Waals surface area contributed by atoms with Crippen LogP contribution in [0.2, 0.25) is 0 Å². The SMILES string of the molecule is COc1ccc(CNC2CC(C)(C)Cc3nc(N4CCOCC4)ncc32)cc1. The van der Waals surface area contributed by atoms with Crippen LogP contribution in [0.4, 0.5) is 5.95 Å². The summed E-state index contributed by atoms with van der Waals surface area (Å²) in [6, 6.07) is 8.50. The smallest absolute Gasteiger partial charge is 0.225 e. The molecule has 1 N–H and O–H groups in total. The van der Waals surface area contributed by atoms with Gasteiger partial charge in [0.05, 0.1) is 26.0 Å². The van der Waals surface area contributed by atoms with Crippen LogP contribution in [0.25, 0.3) is 0 Å². The number of morpholine rings is 1. The predicted octanol–water partition coefficient (Wildman–Crippen LogP) is 3.13. The van der Waals surface area contributed by atoms with Crippen molar-refractivity contribution in [1.29, 1.82) is 0 Å². The van der Waals surface area contributed by atoms with Crippen LogP contribution < -0.4 is 15.0 Å². The molecular formula is C22H30N4O2. The van der Waals surface area contributed by atoms with Crippen LogP contribution in [0.5, 0.6) is 5.75 Å². The van der Waals surface area contributed by atoms with E-state index in [0.29, 0.717) is 0 Å². The maximum Gasteiger partial charge on any atom is 0.225 e. The van der Waals surface area contributed by atoms with Crippen molar-refractivity contribution in [2.75, 3.05) is 38.3 Å². The number of aromatic nitrogens is 2. The third kappa shape index (κ3) is 4.28. The number of benzene rings is 1. The van der Waals surface area contributed by atoms with Crippen molar-refractivity contribution in [3.05, 3.63) is 47.3 Å². The average Bonchev–Trinajstić information content (AvgIpc) is 2.72. The van der Waals surface area contributed by atoms with E-state index in [1.807, 2.05) is 18.3 Å². The number of hydrogen-bond donors (Lipinski definition) is 1. The molecule has 1 unspecified atom stereocenters. The van der Waals surface area contributed by atoms with Gasteiger partial charge in [0.1, 0.15) is 5.75 Å². The first-order valence-electron chi connectivity index (χ1n) is 10.1. The Morgan fingerprint density at radius 2 is 1.96 bits per heavy atom. The summed E-state index contributed by atoms with van der Waals surface area (Å²) in [5.41, 5.74) is 3.88.